The van der Waals surface area contributed by atoms with Crippen LogP contribution < -0.4 is 32.0 Å². The summed E-state index contributed by atoms with van der Waals surface area (Å²) in [4.78, 5) is 54.7. The van der Waals surface area contributed by atoms with E-state index in [1.165, 1.54) is 28.5 Å². The van der Waals surface area contributed by atoms with Crippen LogP contribution in [0, 0.1) is 13.8 Å². The highest BCUT2D eigenvalue weighted by molar-refractivity contribution is 7.48. The molecule has 328 valence electrons. The predicted molar refractivity (Wildman–Crippen MR) is 221 cm³/mol. The molecule has 3 aromatic carbocycles. The number of nitrogens with zero attached hydrogens (tertiary/aromatic N) is 2. The van der Waals surface area contributed by atoms with Gasteiger partial charge in [0.05, 0.1) is 33.5 Å². The highest BCUT2D eigenvalue weighted by atomic mass is 31.2. The number of phosphoric ester groups is 1. The van der Waals surface area contributed by atoms with E-state index in [0.717, 1.165) is 16.7 Å². The Bertz CT molecular complexity index is 2620. The van der Waals surface area contributed by atoms with E-state index in [1.54, 1.807) is 21.1 Å². The highest BCUT2D eigenvalue weighted by Crippen LogP contribution is 2.58. The van der Waals surface area contributed by atoms with E-state index in [2.05, 4.69) is 9.97 Å². The molecular weight excluding hydrogens is 827 g/mol. The average Bonchev–Trinajstić information content (AvgIpc) is 3.86. The molecule has 0 unspecified atom stereocenters. The van der Waals surface area contributed by atoms with Crippen LogP contribution in [0.2, 0.25) is 0 Å². The van der Waals surface area contributed by atoms with Crippen molar-refractivity contribution in [2.24, 2.45) is 0 Å². The molecule has 5 heterocycles. The molecule has 3 N–H and O–H groups in total. The first-order valence-corrected chi connectivity index (χ1v) is 21.5. The van der Waals surface area contributed by atoms with Crippen LogP contribution >= 0.6 is 7.82 Å². The number of rotatable bonds is 13. The number of aliphatic hydroxyl groups excluding tert-OH is 1. The predicted octanol–water partition coefficient (Wildman–Crippen LogP) is 3.96. The number of H-pyrrole nitrogens is 2. The summed E-state index contributed by atoms with van der Waals surface area (Å²) in [7, 11) is -1.32. The van der Waals surface area contributed by atoms with Gasteiger partial charge in [0.1, 0.15) is 54.0 Å². The zero-order valence-corrected chi connectivity index (χ0v) is 35.2. The van der Waals surface area contributed by atoms with Gasteiger partial charge < -0.3 is 28.8 Å². The summed E-state index contributed by atoms with van der Waals surface area (Å²) in [6, 6.07) is 24.4. The summed E-state index contributed by atoms with van der Waals surface area (Å²) in [5.74, 6) is 1.26. The summed E-state index contributed by atoms with van der Waals surface area (Å²) in [6.07, 6.45) is -4.44. The Morgan fingerprint density at radius 1 is 0.758 bits per heavy atom. The zero-order valence-electron chi connectivity index (χ0n) is 34.3. The van der Waals surface area contributed by atoms with Crippen LogP contribution in [-0.2, 0) is 37.9 Å². The summed E-state index contributed by atoms with van der Waals surface area (Å²) < 4.78 is 65.7. The van der Waals surface area contributed by atoms with Crippen molar-refractivity contribution in [3.63, 3.8) is 0 Å². The lowest BCUT2D eigenvalue weighted by Crippen LogP contribution is -2.41. The van der Waals surface area contributed by atoms with Gasteiger partial charge in [-0.25, -0.2) is 14.2 Å². The number of aryl methyl sites for hydroxylation is 2. The maximum absolute atomic E-state index is 14.6. The second kappa shape index (κ2) is 17.7. The first kappa shape index (κ1) is 43.2. The Morgan fingerprint density at radius 2 is 1.29 bits per heavy atom. The third-order valence-electron chi connectivity index (χ3n) is 11.4. The minimum absolute atomic E-state index is 0.0155. The van der Waals surface area contributed by atoms with Crippen LogP contribution in [0.3, 0.4) is 0 Å². The number of aromatic amines is 2. The van der Waals surface area contributed by atoms with Gasteiger partial charge in [0.25, 0.3) is 11.1 Å². The molecule has 8 rings (SSSR count). The number of ether oxygens (including phenoxy) is 5. The molecule has 3 saturated heterocycles. The van der Waals surface area contributed by atoms with Gasteiger partial charge in [-0.1, -0.05) is 54.6 Å². The normalized spacial score (nSPS) is 26.4. The van der Waals surface area contributed by atoms with Crippen LogP contribution in [0.1, 0.15) is 59.5 Å². The van der Waals surface area contributed by atoms with Crippen LogP contribution in [0.5, 0.6) is 11.5 Å². The molecular formula is C43H47N4O14P. The number of hydrogen-bond acceptors (Lipinski definition) is 14. The van der Waals surface area contributed by atoms with Gasteiger partial charge in [-0.2, -0.15) is 0 Å². The molecule has 3 fully saturated rings. The Hall–Kier alpha value is -5.43. The molecule has 62 heavy (non-hydrogen) atoms. The molecule has 0 aliphatic carbocycles. The molecule has 19 heteroatoms. The van der Waals surface area contributed by atoms with Crippen molar-refractivity contribution in [1.82, 2.24) is 19.1 Å². The lowest BCUT2D eigenvalue weighted by atomic mass is 9.80. The van der Waals surface area contributed by atoms with Crippen molar-refractivity contribution >= 4 is 7.82 Å². The third kappa shape index (κ3) is 8.52. The maximum Gasteiger partial charge on any atom is 0.475 e. The monoisotopic (exact) mass is 874 g/mol. The second-order valence-electron chi connectivity index (χ2n) is 15.4. The molecule has 8 atom stereocenters. The standard InChI is InChI=1S/C43H47N4O14P/c1-25-22-46(41(51)44-39(25)49)36-20-32(48)38(59-36)33-18-19-57-62(53,60-33)61-34-21-37(47-23-26(2)40(50)45-42(47)52)58-35(34)24-56-43(27-8-6-5-7-9-27,28-10-14-30(54-3)15-11-28)29-12-16-31(55-4)17-13-29/h5-17,22-23,32-38,48H,18-21,24H2,1-4H3,(H,44,49,51)(H,45,50,52)/t32-,33+,34-,35+,36+,37+,38-,62+/m0/s1. The van der Waals surface area contributed by atoms with Crippen molar-refractivity contribution < 1.29 is 46.9 Å². The van der Waals surface area contributed by atoms with Crippen molar-refractivity contribution in [3.05, 3.63) is 161 Å². The van der Waals surface area contributed by atoms with E-state index in [-0.39, 0.29) is 43.6 Å². The topological polar surface area (TPSA) is 221 Å². The number of phosphoric acid groups is 1. The largest absolute Gasteiger partial charge is 0.497 e. The fraction of sp³-hybridized carbons (Fsp3) is 0.395. The summed E-state index contributed by atoms with van der Waals surface area (Å²) in [5.41, 5.74) is -1.06. The Morgan fingerprint density at radius 3 is 1.84 bits per heavy atom. The minimum atomic E-state index is -4.47. The van der Waals surface area contributed by atoms with E-state index in [9.17, 15) is 28.8 Å². The van der Waals surface area contributed by atoms with Gasteiger partial charge >= 0.3 is 19.2 Å². The fourth-order valence-electron chi connectivity index (χ4n) is 8.17. The Labute approximate surface area is 354 Å². The maximum atomic E-state index is 14.6. The molecule has 0 spiro atoms. The molecule has 0 amide bonds. The number of hydrogen-bond donors (Lipinski definition) is 3. The molecule has 0 radical (unpaired) electrons. The van der Waals surface area contributed by atoms with Crippen molar-refractivity contribution in [1.29, 1.82) is 0 Å². The van der Waals surface area contributed by atoms with Gasteiger partial charge in [0.2, 0.25) is 0 Å². The lowest BCUT2D eigenvalue weighted by molar-refractivity contribution is -0.113. The summed E-state index contributed by atoms with van der Waals surface area (Å²) in [5, 5.41) is 11.1. The Kier molecular flexibility index (Phi) is 12.4. The van der Waals surface area contributed by atoms with Gasteiger partial charge in [0, 0.05) is 42.8 Å². The van der Waals surface area contributed by atoms with E-state index in [1.807, 2.05) is 78.9 Å². The number of methoxy groups -OCH3 is 2. The van der Waals surface area contributed by atoms with Gasteiger partial charge in [-0.05, 0) is 54.8 Å². The van der Waals surface area contributed by atoms with E-state index in [0.29, 0.717) is 11.5 Å². The first-order valence-electron chi connectivity index (χ1n) is 20.0. The molecule has 2 aromatic heterocycles. The van der Waals surface area contributed by atoms with Crippen molar-refractivity contribution in [3.8, 4) is 11.5 Å². The Balaban J connectivity index is 1.12. The van der Waals surface area contributed by atoms with Crippen LogP contribution in [0.15, 0.2) is 110 Å². The van der Waals surface area contributed by atoms with Crippen molar-refractivity contribution in [2.45, 2.75) is 81.7 Å². The molecule has 0 bridgehead atoms. The smallest absolute Gasteiger partial charge is 0.475 e. The molecule has 3 aliphatic rings. The third-order valence-corrected chi connectivity index (χ3v) is 13.0. The number of nitrogens with one attached hydrogen (secondary N) is 2. The SMILES string of the molecule is COc1ccc(C(OC[C@H]2O[C@@H](n3cc(C)c(=O)[nH]c3=O)C[C@@H]2O[P@]2(=O)OCC[C@H]([C@H]3O[C@@H](n4cc(C)c(=O)[nH]c4=O)C[C@@H]3O)O2)(c2ccccc2)c2ccc(OC)cc2)cc1. The zero-order chi connectivity index (χ0) is 43.8. The highest BCUT2D eigenvalue weighted by Gasteiger charge is 2.50. The lowest BCUT2D eigenvalue weighted by Gasteiger charge is -2.38. The molecule has 3 aliphatic heterocycles. The van der Waals surface area contributed by atoms with Crippen LogP contribution in [0.25, 0.3) is 0 Å². The van der Waals surface area contributed by atoms with E-state index in [4.69, 9.17) is 37.3 Å². The van der Waals surface area contributed by atoms with Gasteiger partial charge in [-0.3, -0.25) is 42.3 Å². The molecule has 18 nitrogen and oxygen atoms in total. The van der Waals surface area contributed by atoms with Gasteiger partial charge in [-0.15, -0.1) is 0 Å². The van der Waals surface area contributed by atoms with Crippen molar-refractivity contribution in [2.75, 3.05) is 27.4 Å². The van der Waals surface area contributed by atoms with E-state index >= 15 is 0 Å². The van der Waals surface area contributed by atoms with E-state index < -0.39 is 78.9 Å². The van der Waals surface area contributed by atoms with Gasteiger partial charge in [0.15, 0.2) is 0 Å². The summed E-state index contributed by atoms with van der Waals surface area (Å²) in [6.45, 7) is 2.79. The number of aromatic nitrogens is 4. The molecule has 0 saturated carbocycles. The first-order chi connectivity index (χ1) is 29.8. The quantitative estimate of drug-likeness (QED) is 0.113. The minimum Gasteiger partial charge on any atom is -0.497 e. The van der Waals surface area contributed by atoms with Crippen LogP contribution in [-0.4, -0.2) is 82.2 Å². The summed E-state index contributed by atoms with van der Waals surface area (Å²) >= 11 is 0. The fourth-order valence-corrected chi connectivity index (χ4v) is 9.78. The molecule has 5 aromatic rings. The van der Waals surface area contributed by atoms with Crippen LogP contribution in [0.4, 0.5) is 0 Å². The number of aliphatic hydroxyl groups is 1. The second-order valence-corrected chi connectivity index (χ2v) is 16.9. The average molecular weight is 875 g/mol. The number of benzene rings is 3.